The largest absolute Gasteiger partial charge is 0.381 e. The van der Waals surface area contributed by atoms with Crippen molar-refractivity contribution in [1.82, 2.24) is 10.3 Å². The number of ether oxygens (including phenoxy) is 1. The molecule has 0 atom stereocenters. The summed E-state index contributed by atoms with van der Waals surface area (Å²) in [6, 6.07) is 16.3. The molecule has 138 valence electrons. The quantitative estimate of drug-likeness (QED) is 0.725. The summed E-state index contributed by atoms with van der Waals surface area (Å²) >= 11 is 1.69. The van der Waals surface area contributed by atoms with Gasteiger partial charge in [-0.15, -0.1) is 11.3 Å². The minimum Gasteiger partial charge on any atom is -0.381 e. The maximum Gasteiger partial charge on any atom is 0.231 e. The van der Waals surface area contributed by atoms with Gasteiger partial charge in [0.15, 0.2) is 0 Å². The van der Waals surface area contributed by atoms with E-state index in [1.165, 1.54) is 4.88 Å². The monoisotopic (exact) mass is 378 g/mol. The second kappa shape index (κ2) is 8.03. The number of amides is 1. The van der Waals surface area contributed by atoms with E-state index in [-0.39, 0.29) is 5.91 Å². The molecule has 3 aromatic rings. The average Bonchev–Trinajstić information content (AvgIpc) is 3.28. The molecule has 27 heavy (non-hydrogen) atoms. The van der Waals surface area contributed by atoms with Gasteiger partial charge in [-0.3, -0.25) is 9.78 Å². The molecule has 0 bridgehead atoms. The van der Waals surface area contributed by atoms with Crippen LogP contribution in [0.15, 0.2) is 66.3 Å². The molecule has 0 radical (unpaired) electrons. The summed E-state index contributed by atoms with van der Waals surface area (Å²) in [5, 5.41) is 5.20. The molecule has 2 aromatic heterocycles. The maximum absolute atomic E-state index is 13.2. The van der Waals surface area contributed by atoms with Gasteiger partial charge in [-0.1, -0.05) is 36.4 Å². The highest BCUT2D eigenvalue weighted by atomic mass is 32.1. The zero-order valence-electron chi connectivity index (χ0n) is 15.1. The number of carbonyl (C=O) groups excluding carboxylic acids is 1. The van der Waals surface area contributed by atoms with Crippen molar-refractivity contribution < 1.29 is 9.53 Å². The van der Waals surface area contributed by atoms with Crippen molar-refractivity contribution in [2.24, 2.45) is 0 Å². The van der Waals surface area contributed by atoms with Crippen LogP contribution >= 0.6 is 11.3 Å². The fraction of sp³-hybridized carbons (Fsp3) is 0.273. The summed E-state index contributed by atoms with van der Waals surface area (Å²) in [5.41, 5.74) is 2.64. The van der Waals surface area contributed by atoms with E-state index in [1.54, 1.807) is 11.3 Å². The molecule has 3 heterocycles. The number of rotatable bonds is 5. The lowest BCUT2D eigenvalue weighted by Crippen LogP contribution is -2.47. The van der Waals surface area contributed by atoms with Crippen LogP contribution in [0.2, 0.25) is 0 Å². The van der Waals surface area contributed by atoms with Crippen molar-refractivity contribution in [3.8, 4) is 10.4 Å². The summed E-state index contributed by atoms with van der Waals surface area (Å²) in [6.45, 7) is 1.69. The zero-order chi connectivity index (χ0) is 18.5. The lowest BCUT2D eigenvalue weighted by Gasteiger charge is -2.36. The van der Waals surface area contributed by atoms with Gasteiger partial charge in [0.25, 0.3) is 0 Å². The number of nitrogens with zero attached hydrogens (tertiary/aromatic N) is 1. The minimum atomic E-state index is -0.516. The fourth-order valence-electron chi connectivity index (χ4n) is 3.64. The molecule has 5 heteroatoms. The SMILES string of the molecule is O=C(NCc1cncc(-c2cccs2)c1)C1(c2ccccc2)CCOCC1. The first kappa shape index (κ1) is 17.9. The first-order chi connectivity index (χ1) is 13.3. The van der Waals surface area contributed by atoms with E-state index in [1.807, 2.05) is 48.8 Å². The van der Waals surface area contributed by atoms with Gasteiger partial charge in [-0.05, 0) is 41.5 Å². The van der Waals surface area contributed by atoms with Crippen molar-refractivity contribution >= 4 is 17.2 Å². The van der Waals surface area contributed by atoms with Gasteiger partial charge in [-0.2, -0.15) is 0 Å². The third-order valence-electron chi connectivity index (χ3n) is 5.16. The van der Waals surface area contributed by atoms with Gasteiger partial charge in [0.2, 0.25) is 5.91 Å². The van der Waals surface area contributed by atoms with Crippen LogP contribution in [-0.4, -0.2) is 24.1 Å². The molecule has 1 aromatic carbocycles. The van der Waals surface area contributed by atoms with Crippen LogP contribution in [0, 0.1) is 0 Å². The highest BCUT2D eigenvalue weighted by molar-refractivity contribution is 7.13. The Labute approximate surface area is 163 Å². The normalized spacial score (nSPS) is 16.0. The first-order valence-electron chi connectivity index (χ1n) is 9.17. The molecule has 4 nitrogen and oxygen atoms in total. The topological polar surface area (TPSA) is 51.2 Å². The molecular formula is C22H22N2O2S. The van der Waals surface area contributed by atoms with E-state index < -0.39 is 5.41 Å². The Kier molecular flexibility index (Phi) is 5.32. The predicted octanol–water partition coefficient (Wildman–Crippen LogP) is 4.17. The van der Waals surface area contributed by atoms with Crippen LogP contribution in [0.5, 0.6) is 0 Å². The summed E-state index contributed by atoms with van der Waals surface area (Å²) in [4.78, 5) is 18.7. The summed E-state index contributed by atoms with van der Waals surface area (Å²) in [6.07, 6.45) is 5.09. The average molecular weight is 378 g/mol. The smallest absolute Gasteiger partial charge is 0.231 e. The predicted molar refractivity (Wildman–Crippen MR) is 108 cm³/mol. The summed E-state index contributed by atoms with van der Waals surface area (Å²) in [5.74, 6) is 0.0681. The number of benzene rings is 1. The number of thiophene rings is 1. The van der Waals surface area contributed by atoms with Crippen LogP contribution in [0.1, 0.15) is 24.0 Å². The molecule has 4 rings (SSSR count). The molecule has 0 unspecified atom stereocenters. The van der Waals surface area contributed by atoms with Gasteiger partial charge < -0.3 is 10.1 Å². The van der Waals surface area contributed by atoms with Crippen LogP contribution in [0.4, 0.5) is 0 Å². The Morgan fingerprint density at radius 3 is 2.67 bits per heavy atom. The molecule has 1 fully saturated rings. The highest BCUT2D eigenvalue weighted by Crippen LogP contribution is 2.35. The van der Waals surface area contributed by atoms with E-state index in [0.717, 1.165) is 16.7 Å². The van der Waals surface area contributed by atoms with Crippen molar-refractivity contribution in [1.29, 1.82) is 0 Å². The van der Waals surface area contributed by atoms with Gasteiger partial charge >= 0.3 is 0 Å². The minimum absolute atomic E-state index is 0.0681. The van der Waals surface area contributed by atoms with Crippen LogP contribution < -0.4 is 5.32 Å². The molecule has 1 aliphatic heterocycles. The highest BCUT2D eigenvalue weighted by Gasteiger charge is 2.41. The first-order valence-corrected chi connectivity index (χ1v) is 10.1. The van der Waals surface area contributed by atoms with E-state index >= 15 is 0 Å². The number of nitrogens with one attached hydrogen (secondary N) is 1. The second-order valence-corrected chi connectivity index (χ2v) is 7.75. The number of hydrogen-bond acceptors (Lipinski definition) is 4. The Bertz CT molecular complexity index is 888. The lowest BCUT2D eigenvalue weighted by atomic mass is 9.73. The molecule has 1 saturated heterocycles. The van der Waals surface area contributed by atoms with E-state index in [4.69, 9.17) is 4.74 Å². The van der Waals surface area contributed by atoms with Gasteiger partial charge in [0.05, 0.1) is 5.41 Å². The maximum atomic E-state index is 13.2. The number of carbonyl (C=O) groups is 1. The van der Waals surface area contributed by atoms with E-state index in [2.05, 4.69) is 27.8 Å². The Morgan fingerprint density at radius 2 is 1.93 bits per heavy atom. The Morgan fingerprint density at radius 1 is 1.11 bits per heavy atom. The van der Waals surface area contributed by atoms with Gasteiger partial charge in [0, 0.05) is 42.6 Å². The van der Waals surface area contributed by atoms with Crippen LogP contribution in [0.3, 0.4) is 0 Å². The summed E-state index contributed by atoms with van der Waals surface area (Å²) < 4.78 is 5.53. The second-order valence-electron chi connectivity index (χ2n) is 6.80. The molecule has 1 N–H and O–H groups in total. The Hall–Kier alpha value is -2.50. The fourth-order valence-corrected chi connectivity index (χ4v) is 4.35. The molecule has 0 aliphatic carbocycles. The number of pyridine rings is 1. The van der Waals surface area contributed by atoms with E-state index in [9.17, 15) is 4.79 Å². The zero-order valence-corrected chi connectivity index (χ0v) is 15.9. The van der Waals surface area contributed by atoms with Gasteiger partial charge in [-0.25, -0.2) is 0 Å². The molecule has 0 spiro atoms. The number of hydrogen-bond donors (Lipinski definition) is 1. The van der Waals surface area contributed by atoms with Crippen molar-refractivity contribution in [2.75, 3.05) is 13.2 Å². The lowest BCUT2D eigenvalue weighted by molar-refractivity contribution is -0.130. The molecule has 0 saturated carbocycles. The third-order valence-corrected chi connectivity index (χ3v) is 6.08. The molecule has 1 amide bonds. The molecular weight excluding hydrogens is 356 g/mol. The van der Waals surface area contributed by atoms with Crippen molar-refractivity contribution in [3.05, 3.63) is 77.4 Å². The van der Waals surface area contributed by atoms with Gasteiger partial charge in [0.1, 0.15) is 0 Å². The van der Waals surface area contributed by atoms with Crippen LogP contribution in [0.25, 0.3) is 10.4 Å². The van der Waals surface area contributed by atoms with Crippen molar-refractivity contribution in [3.63, 3.8) is 0 Å². The molecule has 1 aliphatic rings. The summed E-state index contributed by atoms with van der Waals surface area (Å²) in [7, 11) is 0. The third kappa shape index (κ3) is 3.80. The van der Waals surface area contributed by atoms with E-state index in [0.29, 0.717) is 32.6 Å². The number of aromatic nitrogens is 1. The van der Waals surface area contributed by atoms with Crippen LogP contribution in [-0.2, 0) is 21.5 Å². The Balaban J connectivity index is 1.52. The standard InChI is InChI=1S/C22H22N2O2S/c25-21(22(8-10-26-11-9-22)19-5-2-1-3-6-19)24-15-17-13-18(16-23-14-17)20-7-4-12-27-20/h1-7,12-14,16H,8-11,15H2,(H,24,25). The van der Waals surface area contributed by atoms with Crippen molar-refractivity contribution in [2.45, 2.75) is 24.8 Å².